The van der Waals surface area contributed by atoms with Gasteiger partial charge in [0.15, 0.2) is 11.6 Å². The lowest BCUT2D eigenvalue weighted by molar-refractivity contribution is -0.0522. The third-order valence-corrected chi connectivity index (χ3v) is 2.43. The van der Waals surface area contributed by atoms with Gasteiger partial charge in [0.1, 0.15) is 0 Å². The maximum absolute atomic E-state index is 13.2. The van der Waals surface area contributed by atoms with E-state index >= 15 is 0 Å². The van der Waals surface area contributed by atoms with E-state index in [1.807, 2.05) is 0 Å². The van der Waals surface area contributed by atoms with E-state index in [9.17, 15) is 13.2 Å². The van der Waals surface area contributed by atoms with E-state index in [0.29, 0.717) is 5.92 Å². The van der Waals surface area contributed by atoms with Crippen molar-refractivity contribution in [2.24, 2.45) is 5.92 Å². The zero-order valence-corrected chi connectivity index (χ0v) is 8.05. The summed E-state index contributed by atoms with van der Waals surface area (Å²) in [5.41, 5.74) is 0.844. The topological polar surface area (TPSA) is 9.23 Å². The van der Waals surface area contributed by atoms with Crippen molar-refractivity contribution in [1.82, 2.24) is 0 Å². The highest BCUT2D eigenvalue weighted by molar-refractivity contribution is 5.29. The van der Waals surface area contributed by atoms with Crippen LogP contribution in [0.15, 0.2) is 18.2 Å². The van der Waals surface area contributed by atoms with Crippen LogP contribution in [-0.4, -0.2) is 6.61 Å². The van der Waals surface area contributed by atoms with Crippen molar-refractivity contribution in [3.63, 3.8) is 0 Å². The van der Waals surface area contributed by atoms with Crippen LogP contribution in [0.5, 0.6) is 5.75 Å². The molecule has 15 heavy (non-hydrogen) atoms. The molecule has 1 saturated carbocycles. The second-order valence-electron chi connectivity index (χ2n) is 3.79. The molecule has 1 aliphatic rings. The fourth-order valence-electron chi connectivity index (χ4n) is 1.52. The van der Waals surface area contributed by atoms with E-state index in [0.717, 1.165) is 12.0 Å². The average Bonchev–Trinajstić information content (AvgIpc) is 2.93. The van der Waals surface area contributed by atoms with E-state index < -0.39 is 12.4 Å². The highest BCUT2D eigenvalue weighted by atomic mass is 19.3. The fraction of sp³-hybridized carbons (Fsp3) is 0.455. The first kappa shape index (κ1) is 10.3. The van der Waals surface area contributed by atoms with Gasteiger partial charge in [0.2, 0.25) is 0 Å². The molecule has 0 heterocycles. The Hall–Kier alpha value is -1.19. The molecule has 0 bridgehead atoms. The van der Waals surface area contributed by atoms with Gasteiger partial charge in [-0.05, 0) is 42.9 Å². The zero-order valence-electron chi connectivity index (χ0n) is 8.05. The first-order valence-corrected chi connectivity index (χ1v) is 4.88. The Labute approximate surface area is 85.9 Å². The van der Waals surface area contributed by atoms with Crippen molar-refractivity contribution in [3.8, 4) is 5.75 Å². The molecule has 1 nitrogen and oxygen atoms in total. The average molecular weight is 216 g/mol. The largest absolute Gasteiger partial charge is 0.432 e. The van der Waals surface area contributed by atoms with Crippen LogP contribution in [0.25, 0.3) is 0 Å². The Morgan fingerprint density at radius 1 is 1.33 bits per heavy atom. The highest BCUT2D eigenvalue weighted by Gasteiger charge is 2.22. The van der Waals surface area contributed by atoms with Gasteiger partial charge in [0.25, 0.3) is 0 Å². The molecule has 0 radical (unpaired) electrons. The van der Waals surface area contributed by atoms with E-state index in [2.05, 4.69) is 4.74 Å². The van der Waals surface area contributed by atoms with Gasteiger partial charge in [-0.3, -0.25) is 0 Å². The maximum atomic E-state index is 13.2. The molecule has 1 aliphatic carbocycles. The summed E-state index contributed by atoms with van der Waals surface area (Å²) in [7, 11) is 0. The number of alkyl halides is 2. The van der Waals surface area contributed by atoms with Crippen LogP contribution >= 0.6 is 0 Å². The summed E-state index contributed by atoms with van der Waals surface area (Å²) in [5, 5.41) is 0. The van der Waals surface area contributed by atoms with Crippen LogP contribution < -0.4 is 4.74 Å². The minimum absolute atomic E-state index is 0.385. The van der Waals surface area contributed by atoms with E-state index in [4.69, 9.17) is 0 Å². The Morgan fingerprint density at radius 3 is 2.60 bits per heavy atom. The first-order valence-electron chi connectivity index (χ1n) is 4.88. The summed E-state index contributed by atoms with van der Waals surface area (Å²) in [4.78, 5) is 0. The molecule has 0 saturated heterocycles. The molecule has 1 aromatic rings. The molecule has 0 unspecified atom stereocenters. The van der Waals surface area contributed by atoms with Crippen molar-refractivity contribution >= 4 is 0 Å². The molecule has 2 rings (SSSR count). The van der Waals surface area contributed by atoms with Crippen molar-refractivity contribution in [2.75, 3.05) is 0 Å². The first-order chi connectivity index (χ1) is 7.15. The maximum Gasteiger partial charge on any atom is 0.387 e. The zero-order chi connectivity index (χ0) is 10.8. The van der Waals surface area contributed by atoms with Gasteiger partial charge in [-0.25, -0.2) is 4.39 Å². The number of ether oxygens (including phenoxy) is 1. The summed E-state index contributed by atoms with van der Waals surface area (Å²) in [6, 6.07) is 4.17. The summed E-state index contributed by atoms with van der Waals surface area (Å²) >= 11 is 0. The van der Waals surface area contributed by atoms with Crippen molar-refractivity contribution in [1.29, 1.82) is 0 Å². The van der Waals surface area contributed by atoms with Crippen LogP contribution in [0.2, 0.25) is 0 Å². The van der Waals surface area contributed by atoms with Crippen molar-refractivity contribution in [2.45, 2.75) is 25.9 Å². The number of benzene rings is 1. The fourth-order valence-corrected chi connectivity index (χ4v) is 1.52. The molecule has 0 N–H and O–H groups in total. The Balaban J connectivity index is 2.07. The number of hydrogen-bond donors (Lipinski definition) is 0. The molecule has 0 atom stereocenters. The van der Waals surface area contributed by atoms with E-state index in [1.54, 1.807) is 6.07 Å². The van der Waals surface area contributed by atoms with Gasteiger partial charge in [-0.1, -0.05) is 6.07 Å². The lowest BCUT2D eigenvalue weighted by Gasteiger charge is -2.07. The predicted octanol–water partition coefficient (Wildman–Crippen LogP) is 3.38. The van der Waals surface area contributed by atoms with Crippen LogP contribution in [-0.2, 0) is 6.42 Å². The standard InChI is InChI=1S/C11H11F3O/c12-9-6-8(5-7-1-2-7)3-4-10(9)15-11(13)14/h3-4,6-7,11H,1-2,5H2. The Kier molecular flexibility index (Phi) is 2.84. The van der Waals surface area contributed by atoms with Gasteiger partial charge in [-0.2, -0.15) is 8.78 Å². The van der Waals surface area contributed by atoms with Crippen molar-refractivity contribution in [3.05, 3.63) is 29.6 Å². The summed E-state index contributed by atoms with van der Waals surface area (Å²) in [6.07, 6.45) is 3.18. The molecule has 4 heteroatoms. The van der Waals surface area contributed by atoms with Gasteiger partial charge in [-0.15, -0.1) is 0 Å². The normalized spacial score (nSPS) is 15.7. The monoisotopic (exact) mass is 216 g/mol. The molecule has 1 aromatic carbocycles. The number of halogens is 3. The minimum Gasteiger partial charge on any atom is -0.432 e. The summed E-state index contributed by atoms with van der Waals surface area (Å²) < 4.78 is 40.9. The van der Waals surface area contributed by atoms with Crippen LogP contribution in [0.4, 0.5) is 13.2 Å². The van der Waals surface area contributed by atoms with E-state index in [-0.39, 0.29) is 5.75 Å². The lowest BCUT2D eigenvalue weighted by atomic mass is 10.1. The van der Waals surface area contributed by atoms with Gasteiger partial charge in [0, 0.05) is 0 Å². The Morgan fingerprint density at radius 2 is 2.07 bits per heavy atom. The highest BCUT2D eigenvalue weighted by Crippen LogP contribution is 2.33. The number of rotatable bonds is 4. The molecule has 0 amide bonds. The third-order valence-electron chi connectivity index (χ3n) is 2.43. The van der Waals surface area contributed by atoms with Crippen LogP contribution in [0, 0.1) is 11.7 Å². The Bertz CT molecular complexity index is 348. The molecule has 82 valence electrons. The summed E-state index contributed by atoms with van der Waals surface area (Å²) in [5.74, 6) is -0.454. The second-order valence-corrected chi connectivity index (χ2v) is 3.79. The van der Waals surface area contributed by atoms with E-state index in [1.165, 1.54) is 25.0 Å². The molecule has 0 aromatic heterocycles. The molecular weight excluding hydrogens is 205 g/mol. The van der Waals surface area contributed by atoms with Crippen LogP contribution in [0.3, 0.4) is 0 Å². The van der Waals surface area contributed by atoms with Crippen LogP contribution in [0.1, 0.15) is 18.4 Å². The summed E-state index contributed by atoms with van der Waals surface area (Å²) in [6.45, 7) is -2.98. The molecule has 1 fully saturated rings. The SMILES string of the molecule is Fc1cc(CC2CC2)ccc1OC(F)F. The third kappa shape index (κ3) is 2.88. The molecule has 0 spiro atoms. The quantitative estimate of drug-likeness (QED) is 0.749. The van der Waals surface area contributed by atoms with Crippen molar-refractivity contribution < 1.29 is 17.9 Å². The lowest BCUT2D eigenvalue weighted by Crippen LogP contribution is -2.04. The minimum atomic E-state index is -2.98. The molecular formula is C11H11F3O. The van der Waals surface area contributed by atoms with Gasteiger partial charge in [0.05, 0.1) is 0 Å². The number of hydrogen-bond acceptors (Lipinski definition) is 1. The smallest absolute Gasteiger partial charge is 0.387 e. The second kappa shape index (κ2) is 4.13. The van der Waals surface area contributed by atoms with Gasteiger partial charge >= 0.3 is 6.61 Å². The predicted molar refractivity (Wildman–Crippen MR) is 49.5 cm³/mol. The van der Waals surface area contributed by atoms with Gasteiger partial charge < -0.3 is 4.74 Å². The molecule has 0 aliphatic heterocycles.